The zero-order valence-corrected chi connectivity index (χ0v) is 12.2. The third kappa shape index (κ3) is 2.50. The van der Waals surface area contributed by atoms with Crippen molar-refractivity contribution >= 4 is 0 Å². The first kappa shape index (κ1) is 13.4. The van der Waals surface area contributed by atoms with Crippen molar-refractivity contribution in [1.29, 1.82) is 0 Å². The highest BCUT2D eigenvalue weighted by atomic mass is 16.4. The molecule has 1 aliphatic carbocycles. The van der Waals surface area contributed by atoms with Gasteiger partial charge in [0.2, 0.25) is 0 Å². The maximum atomic E-state index is 10.3. The Hall–Kier alpha value is -1.62. The Morgan fingerprint density at radius 3 is 2.85 bits per heavy atom. The van der Waals surface area contributed by atoms with Crippen molar-refractivity contribution in [2.45, 2.75) is 51.7 Å². The molecule has 2 aromatic heterocycles. The van der Waals surface area contributed by atoms with Crippen LogP contribution in [0.1, 0.15) is 62.6 Å². The van der Waals surface area contributed by atoms with Crippen LogP contribution >= 0.6 is 0 Å². The maximum Gasteiger partial charge on any atom is 0.138 e. The minimum absolute atomic E-state index is 0.235. The lowest BCUT2D eigenvalue weighted by molar-refractivity contribution is 0.144. The standard InChI is InChI=1S/C15H21N3O2/c1-9(2)18-15(16-8-17-18)7-12(19)14-5-4-13(20-14)11-6-10(11)3/h4-5,8-12,19H,6-7H2,1-3H3. The number of hydrogen-bond donors (Lipinski definition) is 1. The second-order valence-corrected chi connectivity index (χ2v) is 5.99. The molecule has 0 spiro atoms. The van der Waals surface area contributed by atoms with Gasteiger partial charge in [-0.2, -0.15) is 5.10 Å². The van der Waals surface area contributed by atoms with Gasteiger partial charge in [0.25, 0.3) is 0 Å². The van der Waals surface area contributed by atoms with Crippen LogP contribution in [0.25, 0.3) is 0 Å². The summed E-state index contributed by atoms with van der Waals surface area (Å²) in [5.74, 6) is 3.64. The maximum absolute atomic E-state index is 10.3. The minimum Gasteiger partial charge on any atom is -0.463 e. The first-order valence-electron chi connectivity index (χ1n) is 7.22. The van der Waals surface area contributed by atoms with E-state index < -0.39 is 6.10 Å². The van der Waals surface area contributed by atoms with E-state index in [1.54, 1.807) is 0 Å². The van der Waals surface area contributed by atoms with Gasteiger partial charge in [0.15, 0.2) is 0 Å². The second-order valence-electron chi connectivity index (χ2n) is 5.99. The summed E-state index contributed by atoms with van der Waals surface area (Å²) >= 11 is 0. The average Bonchev–Trinajstić information content (AvgIpc) is 2.87. The highest BCUT2D eigenvalue weighted by Gasteiger charge is 2.37. The zero-order chi connectivity index (χ0) is 14.3. The molecule has 1 fully saturated rings. The fourth-order valence-electron chi connectivity index (χ4n) is 2.59. The summed E-state index contributed by atoms with van der Waals surface area (Å²) in [7, 11) is 0. The lowest BCUT2D eigenvalue weighted by Crippen LogP contribution is -2.11. The van der Waals surface area contributed by atoms with Crippen LogP contribution in [0.15, 0.2) is 22.9 Å². The van der Waals surface area contributed by atoms with Crippen LogP contribution in [0, 0.1) is 5.92 Å². The third-order valence-electron chi connectivity index (χ3n) is 3.96. The van der Waals surface area contributed by atoms with Crippen LogP contribution in [-0.4, -0.2) is 19.9 Å². The van der Waals surface area contributed by atoms with Gasteiger partial charge in [0.1, 0.15) is 29.8 Å². The topological polar surface area (TPSA) is 64.1 Å². The quantitative estimate of drug-likeness (QED) is 0.911. The van der Waals surface area contributed by atoms with Crippen LogP contribution in [0.5, 0.6) is 0 Å². The normalized spacial score (nSPS) is 23.2. The van der Waals surface area contributed by atoms with E-state index in [-0.39, 0.29) is 6.04 Å². The second kappa shape index (κ2) is 5.05. The van der Waals surface area contributed by atoms with E-state index in [1.165, 1.54) is 12.7 Å². The van der Waals surface area contributed by atoms with E-state index in [9.17, 15) is 5.11 Å². The number of aliphatic hydroxyl groups is 1. The Morgan fingerprint density at radius 1 is 1.45 bits per heavy atom. The molecule has 1 saturated carbocycles. The Balaban J connectivity index is 1.71. The van der Waals surface area contributed by atoms with Crippen molar-refractivity contribution in [3.63, 3.8) is 0 Å². The summed E-state index contributed by atoms with van der Waals surface area (Å²) in [5, 5.41) is 14.5. The smallest absolute Gasteiger partial charge is 0.138 e. The van der Waals surface area contributed by atoms with Gasteiger partial charge in [0, 0.05) is 18.4 Å². The molecular weight excluding hydrogens is 254 g/mol. The summed E-state index contributed by atoms with van der Waals surface area (Å²) in [6.45, 7) is 6.31. The molecule has 1 aliphatic rings. The lowest BCUT2D eigenvalue weighted by Gasteiger charge is -2.11. The Bertz CT molecular complexity index is 587. The van der Waals surface area contributed by atoms with Gasteiger partial charge in [-0.1, -0.05) is 6.92 Å². The summed E-state index contributed by atoms with van der Waals surface area (Å²) in [6.07, 6.45) is 2.47. The van der Waals surface area contributed by atoms with Crippen molar-refractivity contribution in [2.24, 2.45) is 5.92 Å². The van der Waals surface area contributed by atoms with Gasteiger partial charge in [-0.15, -0.1) is 0 Å². The number of aliphatic hydroxyl groups excluding tert-OH is 1. The summed E-state index contributed by atoms with van der Waals surface area (Å²) in [6, 6.07) is 4.10. The van der Waals surface area contributed by atoms with Crippen molar-refractivity contribution in [3.8, 4) is 0 Å². The highest BCUT2D eigenvalue weighted by Crippen LogP contribution is 2.47. The predicted octanol–water partition coefficient (Wildman–Crippen LogP) is 2.85. The van der Waals surface area contributed by atoms with E-state index in [1.807, 2.05) is 30.7 Å². The van der Waals surface area contributed by atoms with Crippen LogP contribution < -0.4 is 0 Å². The fraction of sp³-hybridized carbons (Fsp3) is 0.600. The van der Waals surface area contributed by atoms with Crippen LogP contribution in [0.4, 0.5) is 0 Å². The fourth-order valence-corrected chi connectivity index (χ4v) is 2.59. The number of furan rings is 1. The van der Waals surface area contributed by atoms with Crippen molar-refractivity contribution in [3.05, 3.63) is 35.8 Å². The van der Waals surface area contributed by atoms with E-state index >= 15 is 0 Å². The highest BCUT2D eigenvalue weighted by molar-refractivity contribution is 5.19. The molecule has 3 rings (SSSR count). The Labute approximate surface area is 118 Å². The number of rotatable bonds is 5. The first-order chi connectivity index (χ1) is 9.56. The average molecular weight is 275 g/mol. The van der Waals surface area contributed by atoms with Gasteiger partial charge in [0.05, 0.1) is 0 Å². The van der Waals surface area contributed by atoms with E-state index in [0.29, 0.717) is 24.0 Å². The summed E-state index contributed by atoms with van der Waals surface area (Å²) < 4.78 is 7.61. The summed E-state index contributed by atoms with van der Waals surface area (Å²) in [4.78, 5) is 4.22. The zero-order valence-electron chi connectivity index (χ0n) is 12.2. The predicted molar refractivity (Wildman–Crippen MR) is 74.3 cm³/mol. The molecule has 108 valence electrons. The minimum atomic E-state index is -0.667. The summed E-state index contributed by atoms with van der Waals surface area (Å²) in [5.41, 5.74) is 0. The molecule has 0 saturated heterocycles. The van der Waals surface area contributed by atoms with Crippen LogP contribution in [-0.2, 0) is 6.42 Å². The Kier molecular flexibility index (Phi) is 3.38. The monoisotopic (exact) mass is 275 g/mol. The molecule has 20 heavy (non-hydrogen) atoms. The van der Waals surface area contributed by atoms with Gasteiger partial charge in [-0.3, -0.25) is 0 Å². The first-order valence-corrected chi connectivity index (χ1v) is 7.22. The van der Waals surface area contributed by atoms with Crippen LogP contribution in [0.2, 0.25) is 0 Å². The molecule has 0 bridgehead atoms. The third-order valence-corrected chi connectivity index (χ3v) is 3.96. The molecule has 0 aliphatic heterocycles. The molecule has 3 unspecified atom stereocenters. The largest absolute Gasteiger partial charge is 0.463 e. The van der Waals surface area contributed by atoms with Gasteiger partial charge in [-0.25, -0.2) is 9.67 Å². The number of hydrogen-bond acceptors (Lipinski definition) is 4. The molecule has 3 atom stereocenters. The van der Waals surface area contributed by atoms with Crippen LogP contribution in [0.3, 0.4) is 0 Å². The molecule has 5 nitrogen and oxygen atoms in total. The van der Waals surface area contributed by atoms with Gasteiger partial charge < -0.3 is 9.52 Å². The van der Waals surface area contributed by atoms with Crippen molar-refractivity contribution in [2.75, 3.05) is 0 Å². The van der Waals surface area contributed by atoms with Gasteiger partial charge >= 0.3 is 0 Å². The molecule has 2 aromatic rings. The SMILES string of the molecule is CC1CC1c1ccc(C(O)Cc2ncnn2C(C)C)o1. The van der Waals surface area contributed by atoms with Gasteiger partial charge in [-0.05, 0) is 38.3 Å². The van der Waals surface area contributed by atoms with E-state index in [0.717, 1.165) is 11.6 Å². The van der Waals surface area contributed by atoms with Crippen molar-refractivity contribution in [1.82, 2.24) is 14.8 Å². The molecule has 0 aromatic carbocycles. The Morgan fingerprint density at radius 2 is 2.20 bits per heavy atom. The number of aromatic nitrogens is 3. The molecule has 5 heteroatoms. The molecule has 2 heterocycles. The van der Waals surface area contributed by atoms with E-state index in [4.69, 9.17) is 4.42 Å². The molecular formula is C15H21N3O2. The molecule has 0 radical (unpaired) electrons. The molecule has 0 amide bonds. The van der Waals surface area contributed by atoms with E-state index in [2.05, 4.69) is 17.0 Å². The van der Waals surface area contributed by atoms with Crippen molar-refractivity contribution < 1.29 is 9.52 Å². The lowest BCUT2D eigenvalue weighted by atomic mass is 10.2. The number of nitrogens with zero attached hydrogens (tertiary/aromatic N) is 3. The molecule has 1 N–H and O–H groups in total.